The quantitative estimate of drug-likeness (QED) is 0.670. The Balaban J connectivity index is 1.76. The second-order valence-electron chi connectivity index (χ2n) is 5.84. The van der Waals surface area contributed by atoms with Gasteiger partial charge in [-0.05, 0) is 49.1 Å². The number of hydrogen-bond donors (Lipinski definition) is 0. The van der Waals surface area contributed by atoms with Crippen LogP contribution in [0.15, 0.2) is 24.3 Å². The second kappa shape index (κ2) is 4.74. The van der Waals surface area contributed by atoms with Gasteiger partial charge in [-0.1, -0.05) is 6.07 Å². The van der Waals surface area contributed by atoms with E-state index in [0.29, 0.717) is 0 Å². The number of halogens is 1. The van der Waals surface area contributed by atoms with Crippen LogP contribution in [-0.4, -0.2) is 15.6 Å². The monoisotopic (exact) mass is 314 g/mol. The maximum Gasteiger partial charge on any atom is 0.180 e. The molecule has 0 fully saturated rings. The Morgan fingerprint density at radius 1 is 1.41 bits per heavy atom. The van der Waals surface area contributed by atoms with E-state index in [4.69, 9.17) is 0 Å². The first-order valence-electron chi connectivity index (χ1n) is 7.30. The van der Waals surface area contributed by atoms with Gasteiger partial charge in [0.2, 0.25) is 0 Å². The van der Waals surface area contributed by atoms with Gasteiger partial charge in [0.25, 0.3) is 0 Å². The van der Waals surface area contributed by atoms with E-state index in [-0.39, 0.29) is 17.5 Å². The summed E-state index contributed by atoms with van der Waals surface area (Å²) >= 11 is 1.48. The molecule has 3 aromatic rings. The van der Waals surface area contributed by atoms with Gasteiger partial charge in [0.15, 0.2) is 5.78 Å². The summed E-state index contributed by atoms with van der Waals surface area (Å²) in [6, 6.07) is 6.73. The molecule has 1 atom stereocenters. The fraction of sp³-hybridized carbons (Fsp3) is 0.294. The average molecular weight is 314 g/mol. The summed E-state index contributed by atoms with van der Waals surface area (Å²) in [7, 11) is 1.89. The van der Waals surface area contributed by atoms with Gasteiger partial charge in [-0.15, -0.1) is 11.3 Å². The Morgan fingerprint density at radius 3 is 3.00 bits per heavy atom. The summed E-state index contributed by atoms with van der Waals surface area (Å²) in [6.45, 7) is 1.95. The van der Waals surface area contributed by atoms with Crippen LogP contribution in [0.4, 0.5) is 4.39 Å². The van der Waals surface area contributed by atoms with Gasteiger partial charge in [-0.25, -0.2) is 4.39 Å². The minimum atomic E-state index is -0.269. The van der Waals surface area contributed by atoms with E-state index < -0.39 is 0 Å². The summed E-state index contributed by atoms with van der Waals surface area (Å²) in [4.78, 5) is 14.6. The molecule has 0 bridgehead atoms. The number of rotatable bonds is 2. The van der Waals surface area contributed by atoms with Crippen LogP contribution in [0, 0.1) is 12.7 Å². The van der Waals surface area contributed by atoms with Crippen molar-refractivity contribution in [3.05, 3.63) is 51.8 Å². The Morgan fingerprint density at radius 2 is 2.23 bits per heavy atom. The molecule has 5 heteroatoms. The summed E-state index contributed by atoms with van der Waals surface area (Å²) in [5, 5.41) is 5.40. The van der Waals surface area contributed by atoms with Gasteiger partial charge >= 0.3 is 0 Å². The Bertz CT molecular complexity index is 874. The van der Waals surface area contributed by atoms with Crippen LogP contribution >= 0.6 is 11.3 Å². The number of benzene rings is 1. The lowest BCUT2D eigenvalue weighted by Gasteiger charge is -2.09. The summed E-state index contributed by atoms with van der Waals surface area (Å²) in [5.41, 5.74) is 2.89. The zero-order valence-electron chi connectivity index (χ0n) is 12.4. The number of thiophene rings is 1. The molecule has 112 valence electrons. The van der Waals surface area contributed by atoms with Gasteiger partial charge in [0, 0.05) is 18.4 Å². The number of ketones is 1. The smallest absolute Gasteiger partial charge is 0.180 e. The SMILES string of the molecule is Cc1nn(C)c2sc(C(=O)C3CCc4ccc(F)cc43)cc12. The van der Waals surface area contributed by atoms with Crippen molar-refractivity contribution in [2.75, 3.05) is 0 Å². The molecule has 0 saturated heterocycles. The normalized spacial score (nSPS) is 17.1. The third kappa shape index (κ3) is 1.92. The minimum absolute atomic E-state index is 0.102. The molecule has 3 nitrogen and oxygen atoms in total. The van der Waals surface area contributed by atoms with E-state index in [2.05, 4.69) is 5.10 Å². The van der Waals surface area contributed by atoms with E-state index >= 15 is 0 Å². The van der Waals surface area contributed by atoms with Crippen molar-refractivity contribution in [3.63, 3.8) is 0 Å². The Kier molecular flexibility index (Phi) is 2.94. The molecule has 1 aromatic carbocycles. The van der Waals surface area contributed by atoms with Crippen molar-refractivity contribution in [2.24, 2.45) is 7.05 Å². The molecule has 1 unspecified atom stereocenters. The van der Waals surface area contributed by atoms with Crippen LogP contribution in [0.3, 0.4) is 0 Å². The number of nitrogens with zero attached hydrogens (tertiary/aromatic N) is 2. The van der Waals surface area contributed by atoms with Crippen molar-refractivity contribution in [2.45, 2.75) is 25.7 Å². The maximum absolute atomic E-state index is 13.5. The zero-order valence-corrected chi connectivity index (χ0v) is 13.2. The number of aromatic nitrogens is 2. The molecule has 1 aliphatic carbocycles. The van der Waals surface area contributed by atoms with Crippen molar-refractivity contribution in [1.29, 1.82) is 0 Å². The van der Waals surface area contributed by atoms with Gasteiger partial charge in [0.1, 0.15) is 10.6 Å². The van der Waals surface area contributed by atoms with E-state index in [1.54, 1.807) is 6.07 Å². The van der Waals surface area contributed by atoms with Crippen LogP contribution in [0.1, 0.15) is 38.8 Å². The fourth-order valence-electron chi connectivity index (χ4n) is 3.34. The predicted molar refractivity (Wildman–Crippen MR) is 85.1 cm³/mol. The number of fused-ring (bicyclic) bond motifs is 2. The minimum Gasteiger partial charge on any atom is -0.293 e. The molecule has 2 aromatic heterocycles. The van der Waals surface area contributed by atoms with E-state index in [0.717, 1.165) is 44.8 Å². The topological polar surface area (TPSA) is 34.9 Å². The molecule has 4 rings (SSSR count). The highest BCUT2D eigenvalue weighted by Crippen LogP contribution is 2.38. The molecule has 0 amide bonds. The summed E-state index contributed by atoms with van der Waals surface area (Å²) in [5.74, 6) is -0.383. The molecule has 0 radical (unpaired) electrons. The van der Waals surface area contributed by atoms with E-state index in [1.165, 1.54) is 23.5 Å². The molecule has 0 spiro atoms. The van der Waals surface area contributed by atoms with Gasteiger partial charge in [0.05, 0.1) is 10.6 Å². The lowest BCUT2D eigenvalue weighted by atomic mass is 9.95. The van der Waals surface area contributed by atoms with E-state index in [9.17, 15) is 9.18 Å². The molecule has 22 heavy (non-hydrogen) atoms. The molecule has 0 N–H and O–H groups in total. The van der Waals surface area contributed by atoms with Crippen molar-refractivity contribution in [3.8, 4) is 0 Å². The fourth-order valence-corrected chi connectivity index (χ4v) is 4.46. The molecular weight excluding hydrogens is 299 g/mol. The molecular formula is C17H15FN2OS. The van der Waals surface area contributed by atoms with Gasteiger partial charge in [-0.3, -0.25) is 9.48 Å². The first-order chi connectivity index (χ1) is 10.5. The van der Waals surface area contributed by atoms with Crippen LogP contribution < -0.4 is 0 Å². The number of carbonyl (C=O) groups excluding carboxylic acids is 1. The predicted octanol–water partition coefficient (Wildman–Crippen LogP) is 4.00. The number of carbonyl (C=O) groups is 1. The van der Waals surface area contributed by atoms with Gasteiger partial charge < -0.3 is 0 Å². The van der Waals surface area contributed by atoms with Crippen LogP contribution in [-0.2, 0) is 13.5 Å². The standard InChI is InChI=1S/C17H15FN2OS/c1-9-13-8-15(22-17(13)20(2)19-9)16(21)12-6-4-10-3-5-11(18)7-14(10)12/h3,5,7-8,12H,4,6H2,1-2H3. The molecule has 0 saturated carbocycles. The van der Waals surface area contributed by atoms with Crippen LogP contribution in [0.25, 0.3) is 10.2 Å². The average Bonchev–Trinajstić information content (AvgIpc) is 3.15. The highest BCUT2D eigenvalue weighted by Gasteiger charge is 2.31. The second-order valence-corrected chi connectivity index (χ2v) is 6.87. The van der Waals surface area contributed by atoms with Crippen molar-refractivity contribution >= 4 is 27.3 Å². The zero-order chi connectivity index (χ0) is 15.4. The van der Waals surface area contributed by atoms with E-state index in [1.807, 2.05) is 24.7 Å². The highest BCUT2D eigenvalue weighted by atomic mass is 32.1. The van der Waals surface area contributed by atoms with Crippen molar-refractivity contribution < 1.29 is 9.18 Å². The highest BCUT2D eigenvalue weighted by molar-refractivity contribution is 7.20. The molecule has 0 aliphatic heterocycles. The molecule has 1 aliphatic rings. The first-order valence-corrected chi connectivity index (χ1v) is 8.12. The Labute approximate surface area is 131 Å². The third-order valence-corrected chi connectivity index (χ3v) is 5.66. The van der Waals surface area contributed by atoms with Crippen molar-refractivity contribution in [1.82, 2.24) is 9.78 Å². The van der Waals surface area contributed by atoms with Crippen LogP contribution in [0.5, 0.6) is 0 Å². The number of hydrogen-bond acceptors (Lipinski definition) is 3. The first kappa shape index (κ1) is 13.6. The van der Waals surface area contributed by atoms with Crippen LogP contribution in [0.2, 0.25) is 0 Å². The number of Topliss-reactive ketones (excluding diaryl/α,β-unsaturated/α-hetero) is 1. The largest absolute Gasteiger partial charge is 0.293 e. The maximum atomic E-state index is 13.5. The summed E-state index contributed by atoms with van der Waals surface area (Å²) in [6.07, 6.45) is 1.61. The Hall–Kier alpha value is -2.01. The lowest BCUT2D eigenvalue weighted by Crippen LogP contribution is -2.08. The third-order valence-electron chi connectivity index (χ3n) is 4.44. The lowest BCUT2D eigenvalue weighted by molar-refractivity contribution is 0.0963. The molecule has 2 heterocycles. The van der Waals surface area contributed by atoms with Gasteiger partial charge in [-0.2, -0.15) is 5.10 Å². The number of aryl methyl sites for hydroxylation is 3. The summed E-state index contributed by atoms with van der Waals surface area (Å²) < 4.78 is 15.3.